The third-order valence-corrected chi connectivity index (χ3v) is 2.71. The molecule has 0 saturated heterocycles. The fraction of sp³-hybridized carbons (Fsp3) is 0.400. The van der Waals surface area contributed by atoms with Crippen molar-refractivity contribution in [1.82, 2.24) is 0 Å². The number of ketones is 1. The Morgan fingerprint density at radius 2 is 1.94 bits per heavy atom. The van der Waals surface area contributed by atoms with E-state index in [1.807, 2.05) is 30.3 Å². The number of Topliss-reactive ketones (excluding diaryl/α,β-unsaturated/α-hetero) is 1. The average molecular weight is 232 g/mol. The van der Waals surface area contributed by atoms with Crippen LogP contribution in [0, 0.1) is 0 Å². The minimum atomic E-state index is 0.161. The van der Waals surface area contributed by atoms with Gasteiger partial charge in [0, 0.05) is 0 Å². The lowest BCUT2D eigenvalue weighted by Gasteiger charge is -2.04. The molecule has 0 aromatic heterocycles. The Balaban J connectivity index is 2.84. The number of methoxy groups -OCH3 is 1. The number of allylic oxidation sites excluding steroid dienone is 1. The summed E-state index contributed by atoms with van der Waals surface area (Å²) in [5.74, 6) is 0.995. The van der Waals surface area contributed by atoms with E-state index in [-0.39, 0.29) is 5.78 Å². The van der Waals surface area contributed by atoms with Gasteiger partial charge >= 0.3 is 0 Å². The van der Waals surface area contributed by atoms with E-state index in [1.165, 1.54) is 0 Å². The number of hydrogen-bond acceptors (Lipinski definition) is 2. The topological polar surface area (TPSA) is 26.3 Å². The lowest BCUT2D eigenvalue weighted by atomic mass is 10.0. The van der Waals surface area contributed by atoms with Crippen LogP contribution in [0.2, 0.25) is 0 Å². The van der Waals surface area contributed by atoms with Gasteiger partial charge in [-0.25, -0.2) is 0 Å². The Morgan fingerprint density at radius 1 is 1.29 bits per heavy atom. The number of rotatable bonds is 6. The highest BCUT2D eigenvalue weighted by atomic mass is 16.5. The van der Waals surface area contributed by atoms with E-state index < -0.39 is 0 Å². The molecule has 1 rings (SSSR count). The van der Waals surface area contributed by atoms with Crippen LogP contribution >= 0.6 is 0 Å². The van der Waals surface area contributed by atoms with Crippen molar-refractivity contribution < 1.29 is 9.53 Å². The number of unbranched alkanes of at least 4 members (excludes halogenated alkanes) is 1. The van der Waals surface area contributed by atoms with Crippen molar-refractivity contribution in [2.45, 2.75) is 33.1 Å². The standard InChI is InChI=1S/C15H20O2/c1-4-5-6-14(12(2)16)11-13-7-9-15(17-3)10-8-13/h7-11H,4-6H2,1-3H3. The smallest absolute Gasteiger partial charge is 0.155 e. The molecule has 0 N–H and O–H groups in total. The summed E-state index contributed by atoms with van der Waals surface area (Å²) < 4.78 is 5.10. The molecule has 0 aliphatic rings. The largest absolute Gasteiger partial charge is 0.497 e. The maximum absolute atomic E-state index is 11.5. The molecule has 0 aliphatic carbocycles. The van der Waals surface area contributed by atoms with E-state index in [0.29, 0.717) is 0 Å². The number of hydrogen-bond donors (Lipinski definition) is 0. The summed E-state index contributed by atoms with van der Waals surface area (Å²) in [5.41, 5.74) is 1.95. The van der Waals surface area contributed by atoms with Crippen molar-refractivity contribution in [3.8, 4) is 5.75 Å². The van der Waals surface area contributed by atoms with Gasteiger partial charge in [0.05, 0.1) is 7.11 Å². The maximum atomic E-state index is 11.5. The first-order chi connectivity index (χ1) is 8.17. The summed E-state index contributed by atoms with van der Waals surface area (Å²) in [7, 11) is 1.65. The van der Waals surface area contributed by atoms with Gasteiger partial charge in [-0.3, -0.25) is 4.79 Å². The second-order valence-electron chi connectivity index (χ2n) is 4.10. The first kappa shape index (κ1) is 13.5. The van der Waals surface area contributed by atoms with Crippen LogP contribution in [-0.4, -0.2) is 12.9 Å². The predicted octanol–water partition coefficient (Wildman–Crippen LogP) is 3.86. The molecule has 0 heterocycles. The molecule has 1 aromatic carbocycles. The Labute approximate surface area is 103 Å². The van der Waals surface area contributed by atoms with E-state index in [4.69, 9.17) is 4.74 Å². The normalized spacial score (nSPS) is 11.4. The zero-order chi connectivity index (χ0) is 12.7. The fourth-order valence-corrected chi connectivity index (χ4v) is 1.62. The minimum absolute atomic E-state index is 0.161. The van der Waals surface area contributed by atoms with Crippen molar-refractivity contribution in [2.24, 2.45) is 0 Å². The van der Waals surface area contributed by atoms with E-state index in [2.05, 4.69) is 6.92 Å². The van der Waals surface area contributed by atoms with Gasteiger partial charge in [-0.1, -0.05) is 25.5 Å². The van der Waals surface area contributed by atoms with E-state index in [0.717, 1.165) is 36.1 Å². The highest BCUT2D eigenvalue weighted by Crippen LogP contribution is 2.17. The minimum Gasteiger partial charge on any atom is -0.497 e. The molecular weight excluding hydrogens is 212 g/mol. The highest BCUT2D eigenvalue weighted by Gasteiger charge is 2.03. The number of benzene rings is 1. The third kappa shape index (κ3) is 4.43. The SMILES string of the molecule is CCCCC(=Cc1ccc(OC)cc1)C(C)=O. The lowest BCUT2D eigenvalue weighted by Crippen LogP contribution is -1.96. The molecule has 0 spiro atoms. The Morgan fingerprint density at radius 3 is 2.41 bits per heavy atom. The number of ether oxygens (including phenoxy) is 1. The van der Waals surface area contributed by atoms with E-state index in [1.54, 1.807) is 14.0 Å². The summed E-state index contributed by atoms with van der Waals surface area (Å²) in [4.78, 5) is 11.5. The summed E-state index contributed by atoms with van der Waals surface area (Å²) in [6, 6.07) is 7.74. The summed E-state index contributed by atoms with van der Waals surface area (Å²) in [6.07, 6.45) is 4.99. The quantitative estimate of drug-likeness (QED) is 0.696. The molecule has 0 saturated carbocycles. The number of carbonyl (C=O) groups is 1. The van der Waals surface area contributed by atoms with Crippen molar-refractivity contribution in [3.05, 3.63) is 35.4 Å². The van der Waals surface area contributed by atoms with Gasteiger partial charge in [-0.2, -0.15) is 0 Å². The third-order valence-electron chi connectivity index (χ3n) is 2.71. The Bertz CT molecular complexity index is 388. The van der Waals surface area contributed by atoms with Crippen LogP contribution in [0.1, 0.15) is 38.7 Å². The fourth-order valence-electron chi connectivity index (χ4n) is 1.62. The summed E-state index contributed by atoms with van der Waals surface area (Å²) >= 11 is 0. The lowest BCUT2D eigenvalue weighted by molar-refractivity contribution is -0.113. The second kappa shape index (κ2) is 6.89. The molecule has 0 radical (unpaired) electrons. The molecule has 0 bridgehead atoms. The van der Waals surface area contributed by atoms with Crippen LogP contribution in [-0.2, 0) is 4.79 Å². The first-order valence-electron chi connectivity index (χ1n) is 6.03. The van der Waals surface area contributed by atoms with Gasteiger partial charge in [0.2, 0.25) is 0 Å². The van der Waals surface area contributed by atoms with Gasteiger partial charge in [-0.15, -0.1) is 0 Å². The first-order valence-corrected chi connectivity index (χ1v) is 6.03. The van der Waals surface area contributed by atoms with Crippen molar-refractivity contribution in [1.29, 1.82) is 0 Å². The van der Waals surface area contributed by atoms with Crippen molar-refractivity contribution in [3.63, 3.8) is 0 Å². The van der Waals surface area contributed by atoms with Crippen molar-refractivity contribution in [2.75, 3.05) is 7.11 Å². The van der Waals surface area contributed by atoms with Crippen LogP contribution in [0.3, 0.4) is 0 Å². The van der Waals surface area contributed by atoms with Crippen LogP contribution < -0.4 is 4.74 Å². The molecule has 2 heteroatoms. The van der Waals surface area contributed by atoms with Crippen molar-refractivity contribution >= 4 is 11.9 Å². The highest BCUT2D eigenvalue weighted by molar-refractivity contribution is 5.97. The Kier molecular flexibility index (Phi) is 5.47. The maximum Gasteiger partial charge on any atom is 0.155 e. The van der Waals surface area contributed by atoms with Gasteiger partial charge in [0.15, 0.2) is 5.78 Å². The summed E-state index contributed by atoms with van der Waals surface area (Å²) in [5, 5.41) is 0. The summed E-state index contributed by atoms with van der Waals surface area (Å²) in [6.45, 7) is 3.76. The van der Waals surface area contributed by atoms with E-state index in [9.17, 15) is 4.79 Å². The molecule has 0 amide bonds. The Hall–Kier alpha value is -1.57. The zero-order valence-corrected chi connectivity index (χ0v) is 10.8. The second-order valence-corrected chi connectivity index (χ2v) is 4.10. The van der Waals surface area contributed by atoms with Crippen LogP contribution in [0.15, 0.2) is 29.8 Å². The molecule has 17 heavy (non-hydrogen) atoms. The molecule has 0 fully saturated rings. The van der Waals surface area contributed by atoms with Gasteiger partial charge in [0.25, 0.3) is 0 Å². The van der Waals surface area contributed by atoms with E-state index >= 15 is 0 Å². The predicted molar refractivity (Wildman–Crippen MR) is 71.2 cm³/mol. The van der Waals surface area contributed by atoms with Gasteiger partial charge < -0.3 is 4.74 Å². The number of carbonyl (C=O) groups excluding carboxylic acids is 1. The molecular formula is C15H20O2. The van der Waals surface area contributed by atoms with Gasteiger partial charge in [0.1, 0.15) is 5.75 Å². The monoisotopic (exact) mass is 232 g/mol. The molecule has 1 aromatic rings. The van der Waals surface area contributed by atoms with Crippen LogP contribution in [0.4, 0.5) is 0 Å². The molecule has 92 valence electrons. The average Bonchev–Trinajstić information content (AvgIpc) is 2.35. The molecule has 0 atom stereocenters. The molecule has 0 aliphatic heterocycles. The molecule has 0 unspecified atom stereocenters. The van der Waals surface area contributed by atoms with Crippen LogP contribution in [0.25, 0.3) is 6.08 Å². The van der Waals surface area contributed by atoms with Gasteiger partial charge in [-0.05, 0) is 49.1 Å². The zero-order valence-electron chi connectivity index (χ0n) is 10.8. The van der Waals surface area contributed by atoms with Crippen LogP contribution in [0.5, 0.6) is 5.75 Å². The molecule has 2 nitrogen and oxygen atoms in total.